The highest BCUT2D eigenvalue weighted by Gasteiger charge is 2.26. The van der Waals surface area contributed by atoms with E-state index in [1.54, 1.807) is 25.3 Å². The van der Waals surface area contributed by atoms with Crippen LogP contribution in [0.5, 0.6) is 17.2 Å². The van der Waals surface area contributed by atoms with Gasteiger partial charge in [-0.2, -0.15) is 0 Å². The number of hydrogen-bond donors (Lipinski definition) is 2. The van der Waals surface area contributed by atoms with E-state index >= 15 is 0 Å². The average Bonchev–Trinajstić information content (AvgIpc) is 2.97. The molecule has 0 spiro atoms. The molecule has 0 bridgehead atoms. The molecule has 4 rings (SSSR count). The molecule has 8 heteroatoms. The van der Waals surface area contributed by atoms with Crippen LogP contribution in [0.25, 0.3) is 0 Å². The second kappa shape index (κ2) is 12.9. The Balaban J connectivity index is 1.33. The molecule has 0 aliphatic carbocycles. The first-order valence-corrected chi connectivity index (χ1v) is 12.8. The van der Waals surface area contributed by atoms with Crippen LogP contribution in [0.2, 0.25) is 0 Å². The second-order valence-corrected chi connectivity index (χ2v) is 9.14. The minimum absolute atomic E-state index is 0.0128. The Morgan fingerprint density at radius 1 is 0.816 bits per heavy atom. The van der Waals surface area contributed by atoms with Crippen LogP contribution in [-0.4, -0.2) is 58.8 Å². The molecule has 2 amide bonds. The lowest BCUT2D eigenvalue weighted by Crippen LogP contribution is -2.45. The van der Waals surface area contributed by atoms with E-state index in [9.17, 15) is 9.59 Å². The van der Waals surface area contributed by atoms with E-state index in [1.807, 2.05) is 48.5 Å². The number of carbonyl (C=O) groups is 2. The van der Waals surface area contributed by atoms with Crippen molar-refractivity contribution in [3.8, 4) is 17.2 Å². The number of para-hydroxylation sites is 1. The van der Waals surface area contributed by atoms with Gasteiger partial charge in [0.2, 0.25) is 0 Å². The van der Waals surface area contributed by atoms with Crippen molar-refractivity contribution in [1.82, 2.24) is 10.6 Å². The highest BCUT2D eigenvalue weighted by molar-refractivity contribution is 6.00. The molecule has 2 N–H and O–H groups in total. The maximum absolute atomic E-state index is 13.1. The van der Waals surface area contributed by atoms with Crippen molar-refractivity contribution in [2.75, 3.05) is 45.9 Å². The number of benzene rings is 3. The van der Waals surface area contributed by atoms with Gasteiger partial charge in [0.1, 0.15) is 22.8 Å². The van der Waals surface area contributed by atoms with Crippen LogP contribution < -0.4 is 29.7 Å². The summed E-state index contributed by atoms with van der Waals surface area (Å²) in [7, 11) is 4.72. The third kappa shape index (κ3) is 6.37. The SMILES string of the molecule is COc1ccc(CCNC(=O)c2ccccc2N2CCC(NC(=O)c3c(OC)cccc3OC)CC2)cc1. The molecule has 1 aliphatic rings. The Hall–Kier alpha value is -4.20. The Bertz CT molecular complexity index is 1210. The van der Waals surface area contributed by atoms with Crippen molar-refractivity contribution in [2.45, 2.75) is 25.3 Å². The fourth-order valence-electron chi connectivity index (χ4n) is 4.75. The Morgan fingerprint density at radius 3 is 2.11 bits per heavy atom. The van der Waals surface area contributed by atoms with Crippen LogP contribution >= 0.6 is 0 Å². The van der Waals surface area contributed by atoms with Gasteiger partial charge in [-0.3, -0.25) is 9.59 Å². The van der Waals surface area contributed by atoms with Crippen LogP contribution in [0.3, 0.4) is 0 Å². The maximum atomic E-state index is 13.1. The van der Waals surface area contributed by atoms with Gasteiger partial charge in [0, 0.05) is 31.4 Å². The molecule has 1 fully saturated rings. The van der Waals surface area contributed by atoms with Gasteiger partial charge in [0.25, 0.3) is 11.8 Å². The molecular weight excluding hydrogens is 482 g/mol. The van der Waals surface area contributed by atoms with Gasteiger partial charge in [0.15, 0.2) is 0 Å². The molecule has 1 saturated heterocycles. The minimum Gasteiger partial charge on any atom is -0.497 e. The smallest absolute Gasteiger partial charge is 0.259 e. The van der Waals surface area contributed by atoms with Crippen molar-refractivity contribution in [1.29, 1.82) is 0 Å². The molecule has 200 valence electrons. The quantitative estimate of drug-likeness (QED) is 0.421. The van der Waals surface area contributed by atoms with E-state index in [4.69, 9.17) is 14.2 Å². The van der Waals surface area contributed by atoms with Crippen molar-refractivity contribution >= 4 is 17.5 Å². The van der Waals surface area contributed by atoms with Crippen molar-refractivity contribution in [2.24, 2.45) is 0 Å². The zero-order chi connectivity index (χ0) is 26.9. The first-order valence-electron chi connectivity index (χ1n) is 12.8. The van der Waals surface area contributed by atoms with Crippen molar-refractivity contribution < 1.29 is 23.8 Å². The Kier molecular flexibility index (Phi) is 9.08. The molecular formula is C30H35N3O5. The lowest BCUT2D eigenvalue weighted by atomic mass is 10.0. The molecule has 3 aromatic rings. The van der Waals surface area contributed by atoms with Crippen LogP contribution in [0.15, 0.2) is 66.7 Å². The van der Waals surface area contributed by atoms with E-state index < -0.39 is 0 Å². The van der Waals surface area contributed by atoms with Gasteiger partial charge in [-0.25, -0.2) is 0 Å². The van der Waals surface area contributed by atoms with Gasteiger partial charge >= 0.3 is 0 Å². The number of piperidine rings is 1. The molecule has 8 nitrogen and oxygen atoms in total. The predicted molar refractivity (Wildman–Crippen MR) is 148 cm³/mol. The van der Waals surface area contributed by atoms with Crippen LogP contribution in [0.4, 0.5) is 5.69 Å². The van der Waals surface area contributed by atoms with Crippen LogP contribution in [-0.2, 0) is 6.42 Å². The topological polar surface area (TPSA) is 89.1 Å². The molecule has 38 heavy (non-hydrogen) atoms. The first kappa shape index (κ1) is 26.9. The lowest BCUT2D eigenvalue weighted by Gasteiger charge is -2.35. The standard InChI is InChI=1S/C30H35N3O5/c1-36-23-13-11-21(12-14-23)15-18-31-29(34)24-7-4-5-8-25(24)33-19-16-22(17-20-33)32-30(35)28-26(37-2)9-6-10-27(28)38-3/h4-14,22H,15-20H2,1-3H3,(H,31,34)(H,32,35). The molecule has 0 aromatic heterocycles. The molecule has 0 radical (unpaired) electrons. The van der Waals surface area contributed by atoms with E-state index in [0.29, 0.717) is 29.2 Å². The summed E-state index contributed by atoms with van der Waals surface area (Å²) in [5.41, 5.74) is 3.10. The molecule has 1 aliphatic heterocycles. The van der Waals surface area contributed by atoms with Gasteiger partial charge < -0.3 is 29.7 Å². The normalized spacial score (nSPS) is 13.5. The maximum Gasteiger partial charge on any atom is 0.259 e. The number of rotatable bonds is 10. The molecule has 0 saturated carbocycles. The number of nitrogens with one attached hydrogen (secondary N) is 2. The summed E-state index contributed by atoms with van der Waals surface area (Å²) in [5, 5.41) is 6.18. The number of hydrogen-bond acceptors (Lipinski definition) is 6. The number of ether oxygens (including phenoxy) is 3. The summed E-state index contributed by atoms with van der Waals surface area (Å²) in [5.74, 6) is 1.47. The molecule has 1 heterocycles. The number of methoxy groups -OCH3 is 3. The fourth-order valence-corrected chi connectivity index (χ4v) is 4.75. The number of carbonyl (C=O) groups excluding carboxylic acids is 2. The summed E-state index contributed by atoms with van der Waals surface area (Å²) >= 11 is 0. The van der Waals surface area contributed by atoms with Gasteiger partial charge in [-0.15, -0.1) is 0 Å². The zero-order valence-corrected chi connectivity index (χ0v) is 22.2. The summed E-state index contributed by atoms with van der Waals surface area (Å²) in [6.07, 6.45) is 2.26. The zero-order valence-electron chi connectivity index (χ0n) is 22.2. The summed E-state index contributed by atoms with van der Waals surface area (Å²) in [6.45, 7) is 1.99. The van der Waals surface area contributed by atoms with Crippen LogP contribution in [0, 0.1) is 0 Å². The van der Waals surface area contributed by atoms with E-state index in [2.05, 4.69) is 15.5 Å². The van der Waals surface area contributed by atoms with Crippen molar-refractivity contribution in [3.63, 3.8) is 0 Å². The highest BCUT2D eigenvalue weighted by atomic mass is 16.5. The molecule has 0 unspecified atom stereocenters. The predicted octanol–water partition coefficient (Wildman–Crippen LogP) is 4.08. The van der Waals surface area contributed by atoms with Gasteiger partial charge in [-0.1, -0.05) is 30.3 Å². The van der Waals surface area contributed by atoms with E-state index in [-0.39, 0.29) is 17.9 Å². The van der Waals surface area contributed by atoms with Gasteiger partial charge in [-0.05, 0) is 61.2 Å². The summed E-state index contributed by atoms with van der Waals surface area (Å²) in [6, 6.07) is 20.8. The summed E-state index contributed by atoms with van der Waals surface area (Å²) < 4.78 is 16.0. The molecule has 3 aromatic carbocycles. The minimum atomic E-state index is -0.214. The number of nitrogens with zero attached hydrogens (tertiary/aromatic N) is 1. The largest absolute Gasteiger partial charge is 0.497 e. The average molecular weight is 518 g/mol. The third-order valence-corrected chi connectivity index (χ3v) is 6.83. The Morgan fingerprint density at radius 2 is 1.47 bits per heavy atom. The highest BCUT2D eigenvalue weighted by Crippen LogP contribution is 2.29. The summed E-state index contributed by atoms with van der Waals surface area (Å²) in [4.78, 5) is 28.3. The number of amides is 2. The van der Waals surface area contributed by atoms with E-state index in [0.717, 1.165) is 49.4 Å². The lowest BCUT2D eigenvalue weighted by molar-refractivity contribution is 0.0923. The monoisotopic (exact) mass is 517 g/mol. The number of anilines is 1. The third-order valence-electron chi connectivity index (χ3n) is 6.83. The van der Waals surface area contributed by atoms with E-state index in [1.165, 1.54) is 14.2 Å². The van der Waals surface area contributed by atoms with Crippen molar-refractivity contribution in [3.05, 3.63) is 83.4 Å². The Labute approximate surface area is 223 Å². The van der Waals surface area contributed by atoms with Gasteiger partial charge in [0.05, 0.1) is 26.9 Å². The first-order chi connectivity index (χ1) is 18.5. The second-order valence-electron chi connectivity index (χ2n) is 9.14. The molecule has 0 atom stereocenters. The van der Waals surface area contributed by atoms with Crippen LogP contribution in [0.1, 0.15) is 39.1 Å². The fraction of sp³-hybridized carbons (Fsp3) is 0.333.